The Morgan fingerprint density at radius 2 is 1.73 bits per heavy atom. The molecule has 126 valence electrons. The number of nitrogens with two attached hydrogens (primary N) is 1. The van der Waals surface area contributed by atoms with Gasteiger partial charge < -0.3 is 15.5 Å². The minimum Gasteiger partial charge on any atom is -0.343 e. The second-order valence-corrected chi connectivity index (χ2v) is 6.64. The third-order valence-corrected chi connectivity index (χ3v) is 5.51. The molecular weight excluding hydrogens is 278 g/mol. The molecule has 2 rings (SSSR count). The Balaban J connectivity index is 1.86. The zero-order chi connectivity index (χ0) is 16.1. The third-order valence-electron chi connectivity index (χ3n) is 5.51. The van der Waals surface area contributed by atoms with Crippen LogP contribution in [0, 0.1) is 17.8 Å². The average molecular weight is 309 g/mol. The molecule has 5 nitrogen and oxygen atoms in total. The van der Waals surface area contributed by atoms with Crippen LogP contribution in [0.2, 0.25) is 0 Å². The minimum absolute atomic E-state index is 0.0952. The van der Waals surface area contributed by atoms with E-state index in [-0.39, 0.29) is 23.7 Å². The van der Waals surface area contributed by atoms with Crippen molar-refractivity contribution in [3.05, 3.63) is 0 Å². The number of likely N-dealkylation sites (tertiary alicyclic amines) is 1. The highest BCUT2D eigenvalue weighted by molar-refractivity contribution is 5.81. The van der Waals surface area contributed by atoms with E-state index in [1.807, 2.05) is 23.6 Å². The molecule has 1 saturated carbocycles. The largest absolute Gasteiger partial charge is 0.343 e. The summed E-state index contributed by atoms with van der Waals surface area (Å²) in [7, 11) is 0. The highest BCUT2D eigenvalue weighted by atomic mass is 16.2. The van der Waals surface area contributed by atoms with Crippen LogP contribution in [0.25, 0.3) is 0 Å². The number of amides is 2. The summed E-state index contributed by atoms with van der Waals surface area (Å²) in [4.78, 5) is 28.9. The van der Waals surface area contributed by atoms with Crippen LogP contribution in [0.15, 0.2) is 0 Å². The van der Waals surface area contributed by atoms with E-state index in [1.165, 1.54) is 0 Å². The van der Waals surface area contributed by atoms with Crippen molar-refractivity contribution in [3.63, 3.8) is 0 Å². The Morgan fingerprint density at radius 3 is 2.27 bits per heavy atom. The lowest BCUT2D eigenvalue weighted by atomic mass is 9.91. The molecule has 2 fully saturated rings. The molecule has 2 atom stereocenters. The van der Waals surface area contributed by atoms with Gasteiger partial charge in [0, 0.05) is 38.0 Å². The second-order valence-electron chi connectivity index (χ2n) is 6.64. The summed E-state index contributed by atoms with van der Waals surface area (Å²) in [5, 5.41) is 0. The van der Waals surface area contributed by atoms with Gasteiger partial charge in [0.2, 0.25) is 11.8 Å². The minimum atomic E-state index is 0.0952. The molecule has 1 saturated heterocycles. The molecule has 0 unspecified atom stereocenters. The maximum atomic E-state index is 12.7. The summed E-state index contributed by atoms with van der Waals surface area (Å²) in [6.45, 7) is 7.66. The van der Waals surface area contributed by atoms with Gasteiger partial charge in [0.05, 0.1) is 0 Å². The molecule has 5 heteroatoms. The number of rotatable bonds is 5. The first kappa shape index (κ1) is 17.3. The summed E-state index contributed by atoms with van der Waals surface area (Å²) in [5.41, 5.74) is 5.80. The van der Waals surface area contributed by atoms with Gasteiger partial charge in [-0.2, -0.15) is 0 Å². The molecule has 22 heavy (non-hydrogen) atoms. The molecule has 2 aliphatic rings. The number of carbonyl (C=O) groups excluding carboxylic acids is 2. The van der Waals surface area contributed by atoms with E-state index in [4.69, 9.17) is 5.73 Å². The summed E-state index contributed by atoms with van der Waals surface area (Å²) in [6.07, 6.45) is 4.81. The molecule has 2 amide bonds. The fourth-order valence-electron chi connectivity index (χ4n) is 4.02. The quantitative estimate of drug-likeness (QED) is 0.836. The van der Waals surface area contributed by atoms with E-state index < -0.39 is 0 Å². The van der Waals surface area contributed by atoms with Crippen LogP contribution in [0.1, 0.15) is 46.0 Å². The number of hydrogen-bond acceptors (Lipinski definition) is 3. The lowest BCUT2D eigenvalue weighted by Gasteiger charge is -2.35. The monoisotopic (exact) mass is 309 g/mol. The van der Waals surface area contributed by atoms with Crippen LogP contribution in [0.3, 0.4) is 0 Å². The molecule has 0 aromatic rings. The van der Waals surface area contributed by atoms with E-state index in [2.05, 4.69) is 0 Å². The zero-order valence-corrected chi connectivity index (χ0v) is 14.1. The van der Waals surface area contributed by atoms with Gasteiger partial charge in [-0.15, -0.1) is 0 Å². The molecule has 0 aromatic heterocycles. The molecule has 1 aliphatic heterocycles. The molecule has 1 aliphatic carbocycles. The van der Waals surface area contributed by atoms with E-state index in [0.29, 0.717) is 12.5 Å². The van der Waals surface area contributed by atoms with Crippen LogP contribution in [-0.4, -0.2) is 54.3 Å². The molecule has 0 radical (unpaired) electrons. The molecule has 0 bridgehead atoms. The predicted molar refractivity (Wildman–Crippen MR) is 87.1 cm³/mol. The van der Waals surface area contributed by atoms with Gasteiger partial charge in [-0.3, -0.25) is 9.59 Å². The van der Waals surface area contributed by atoms with Gasteiger partial charge in [-0.1, -0.05) is 6.42 Å². The molecule has 0 aromatic carbocycles. The average Bonchev–Trinajstić information content (AvgIpc) is 3.04. The highest BCUT2D eigenvalue weighted by Crippen LogP contribution is 2.33. The summed E-state index contributed by atoms with van der Waals surface area (Å²) < 4.78 is 0. The first-order chi connectivity index (χ1) is 10.6. The van der Waals surface area contributed by atoms with Gasteiger partial charge in [-0.05, 0) is 52.0 Å². The smallest absolute Gasteiger partial charge is 0.226 e. The number of piperidine rings is 1. The van der Waals surface area contributed by atoms with Crippen molar-refractivity contribution in [2.24, 2.45) is 23.5 Å². The van der Waals surface area contributed by atoms with Crippen LogP contribution < -0.4 is 5.73 Å². The van der Waals surface area contributed by atoms with Crippen molar-refractivity contribution in [1.29, 1.82) is 0 Å². The summed E-state index contributed by atoms with van der Waals surface area (Å²) in [6, 6.07) is 0. The number of hydrogen-bond donors (Lipinski definition) is 1. The lowest BCUT2D eigenvalue weighted by molar-refractivity contribution is -0.143. The standard InChI is InChI=1S/C17H31N3O2/c1-3-19(4-2)16(21)13-8-10-20(11-9-13)17(22)15-7-5-6-14(15)12-18/h13-15H,3-12,18H2,1-2H3/t14-,15-/m1/s1. The molecule has 1 heterocycles. The summed E-state index contributed by atoms with van der Waals surface area (Å²) in [5.74, 6) is 1.12. The van der Waals surface area contributed by atoms with E-state index in [1.54, 1.807) is 0 Å². The topological polar surface area (TPSA) is 66.6 Å². The van der Waals surface area contributed by atoms with E-state index in [9.17, 15) is 9.59 Å². The summed E-state index contributed by atoms with van der Waals surface area (Å²) >= 11 is 0. The van der Waals surface area contributed by atoms with Crippen molar-refractivity contribution in [1.82, 2.24) is 9.80 Å². The lowest BCUT2D eigenvalue weighted by Crippen LogP contribution is -2.46. The number of carbonyl (C=O) groups is 2. The molecular formula is C17H31N3O2. The highest BCUT2D eigenvalue weighted by Gasteiger charge is 2.37. The van der Waals surface area contributed by atoms with Crippen LogP contribution in [0.5, 0.6) is 0 Å². The fourth-order valence-corrected chi connectivity index (χ4v) is 4.02. The maximum Gasteiger partial charge on any atom is 0.226 e. The van der Waals surface area contributed by atoms with Gasteiger partial charge in [-0.25, -0.2) is 0 Å². The van der Waals surface area contributed by atoms with Crippen LogP contribution in [0.4, 0.5) is 0 Å². The van der Waals surface area contributed by atoms with Gasteiger partial charge in [0.1, 0.15) is 0 Å². The van der Waals surface area contributed by atoms with Gasteiger partial charge in [0.15, 0.2) is 0 Å². The Kier molecular flexibility index (Phi) is 6.24. The van der Waals surface area contributed by atoms with Crippen molar-refractivity contribution in [2.75, 3.05) is 32.7 Å². The Labute approximate surface area is 134 Å². The van der Waals surface area contributed by atoms with Gasteiger partial charge >= 0.3 is 0 Å². The van der Waals surface area contributed by atoms with Crippen LogP contribution >= 0.6 is 0 Å². The Morgan fingerprint density at radius 1 is 1.09 bits per heavy atom. The van der Waals surface area contributed by atoms with Crippen LogP contribution in [-0.2, 0) is 9.59 Å². The van der Waals surface area contributed by atoms with Gasteiger partial charge in [0.25, 0.3) is 0 Å². The van der Waals surface area contributed by atoms with E-state index >= 15 is 0 Å². The molecule has 2 N–H and O–H groups in total. The van der Waals surface area contributed by atoms with E-state index in [0.717, 1.165) is 58.3 Å². The third kappa shape index (κ3) is 3.62. The van der Waals surface area contributed by atoms with Crippen molar-refractivity contribution < 1.29 is 9.59 Å². The first-order valence-electron chi connectivity index (χ1n) is 8.89. The zero-order valence-electron chi connectivity index (χ0n) is 14.1. The molecule has 0 spiro atoms. The van der Waals surface area contributed by atoms with Crippen molar-refractivity contribution >= 4 is 11.8 Å². The normalized spacial score (nSPS) is 26.2. The van der Waals surface area contributed by atoms with Crippen molar-refractivity contribution in [2.45, 2.75) is 46.0 Å². The number of nitrogens with zero attached hydrogens (tertiary/aromatic N) is 2. The SMILES string of the molecule is CCN(CC)C(=O)C1CCN(C(=O)[C@@H]2CCC[C@@H]2CN)CC1. The Hall–Kier alpha value is -1.10. The maximum absolute atomic E-state index is 12.7. The predicted octanol–water partition coefficient (Wildman–Crippen LogP) is 1.47. The van der Waals surface area contributed by atoms with Crippen molar-refractivity contribution in [3.8, 4) is 0 Å². The Bertz CT molecular complexity index is 387. The first-order valence-corrected chi connectivity index (χ1v) is 8.89. The fraction of sp³-hybridized carbons (Fsp3) is 0.882. The second kappa shape index (κ2) is 7.95.